The number of rotatable bonds is 5. The lowest BCUT2D eigenvalue weighted by Gasteiger charge is -2.02. The first-order chi connectivity index (χ1) is 10.7. The molecule has 0 aliphatic heterocycles. The van der Waals surface area contributed by atoms with Crippen LogP contribution in [0.3, 0.4) is 0 Å². The first-order valence-corrected chi connectivity index (χ1v) is 7.51. The Balaban J connectivity index is 2.06. The van der Waals surface area contributed by atoms with Crippen molar-refractivity contribution in [3.63, 3.8) is 0 Å². The van der Waals surface area contributed by atoms with Crippen molar-refractivity contribution in [2.24, 2.45) is 0 Å². The molecule has 0 radical (unpaired) electrons. The second kappa shape index (κ2) is 6.06. The maximum atomic E-state index is 12.8. The maximum Gasteiger partial charge on any atom is 0.195 e. The van der Waals surface area contributed by atoms with Gasteiger partial charge >= 0.3 is 0 Å². The van der Waals surface area contributed by atoms with Crippen molar-refractivity contribution < 1.29 is 9.53 Å². The van der Waals surface area contributed by atoms with Crippen molar-refractivity contribution in [2.75, 3.05) is 7.11 Å². The summed E-state index contributed by atoms with van der Waals surface area (Å²) < 4.78 is 7.30. The number of aryl methyl sites for hydroxylation is 1. The van der Waals surface area contributed by atoms with Crippen LogP contribution in [0.5, 0.6) is 5.75 Å². The summed E-state index contributed by atoms with van der Waals surface area (Å²) >= 11 is 0. The van der Waals surface area contributed by atoms with E-state index in [-0.39, 0.29) is 5.78 Å². The largest absolute Gasteiger partial charge is 0.497 e. The third-order valence-electron chi connectivity index (χ3n) is 3.85. The lowest BCUT2D eigenvalue weighted by molar-refractivity contribution is 0.104. The van der Waals surface area contributed by atoms with E-state index in [1.54, 1.807) is 7.11 Å². The minimum absolute atomic E-state index is 0.0497. The maximum absolute atomic E-state index is 12.8. The lowest BCUT2D eigenvalue weighted by Crippen LogP contribution is -2.01. The fourth-order valence-corrected chi connectivity index (χ4v) is 2.75. The molecule has 112 valence electrons. The van der Waals surface area contributed by atoms with Gasteiger partial charge in [0.05, 0.1) is 7.11 Å². The van der Waals surface area contributed by atoms with E-state index in [1.165, 1.54) is 0 Å². The number of ketones is 1. The molecule has 3 aromatic rings. The van der Waals surface area contributed by atoms with Gasteiger partial charge in [0.15, 0.2) is 5.78 Å². The Morgan fingerprint density at radius 2 is 1.82 bits per heavy atom. The Labute approximate surface area is 130 Å². The molecule has 0 atom stereocenters. The topological polar surface area (TPSA) is 31.2 Å². The van der Waals surface area contributed by atoms with Gasteiger partial charge in [0.1, 0.15) is 5.75 Å². The fourth-order valence-electron chi connectivity index (χ4n) is 2.75. The monoisotopic (exact) mass is 293 g/mol. The van der Waals surface area contributed by atoms with Crippen LogP contribution >= 0.6 is 0 Å². The molecule has 0 unspecified atom stereocenters. The van der Waals surface area contributed by atoms with Gasteiger partial charge in [-0.05, 0) is 36.8 Å². The summed E-state index contributed by atoms with van der Waals surface area (Å²) in [6.07, 6.45) is 3.01. The third-order valence-corrected chi connectivity index (χ3v) is 3.85. The summed E-state index contributed by atoms with van der Waals surface area (Å²) in [4.78, 5) is 12.8. The summed E-state index contributed by atoms with van der Waals surface area (Å²) in [5.74, 6) is 0.804. The second-order valence-corrected chi connectivity index (χ2v) is 5.31. The fraction of sp³-hybridized carbons (Fsp3) is 0.211. The number of aromatic nitrogens is 1. The van der Waals surface area contributed by atoms with Crippen LogP contribution < -0.4 is 4.74 Å². The van der Waals surface area contributed by atoms with Gasteiger partial charge in [-0.3, -0.25) is 4.79 Å². The van der Waals surface area contributed by atoms with Crippen molar-refractivity contribution in [3.05, 3.63) is 65.9 Å². The molecule has 3 heteroatoms. The average molecular weight is 293 g/mol. The number of nitrogens with zero attached hydrogens (tertiary/aromatic N) is 1. The molecule has 0 N–H and O–H groups in total. The van der Waals surface area contributed by atoms with Crippen molar-refractivity contribution >= 4 is 16.7 Å². The van der Waals surface area contributed by atoms with Gasteiger partial charge in [0.2, 0.25) is 0 Å². The standard InChI is InChI=1S/C19H19NO2/c1-3-12-20-13-17(16-6-4-5-7-18(16)20)19(21)14-8-10-15(22-2)11-9-14/h4-11,13H,3,12H2,1-2H3. The zero-order valence-corrected chi connectivity index (χ0v) is 12.9. The summed E-state index contributed by atoms with van der Waals surface area (Å²) in [6, 6.07) is 15.3. The molecular weight excluding hydrogens is 274 g/mol. The summed E-state index contributed by atoms with van der Waals surface area (Å²) in [6.45, 7) is 3.05. The highest BCUT2D eigenvalue weighted by molar-refractivity contribution is 6.16. The van der Waals surface area contributed by atoms with E-state index in [4.69, 9.17) is 4.74 Å². The van der Waals surface area contributed by atoms with Gasteiger partial charge in [-0.1, -0.05) is 25.1 Å². The quantitative estimate of drug-likeness (QED) is 0.657. The zero-order chi connectivity index (χ0) is 15.5. The number of hydrogen-bond donors (Lipinski definition) is 0. The minimum atomic E-state index is 0.0497. The van der Waals surface area contributed by atoms with Crippen LogP contribution in [0.1, 0.15) is 29.3 Å². The Morgan fingerprint density at radius 3 is 2.50 bits per heavy atom. The van der Waals surface area contributed by atoms with Crippen LogP contribution in [0.4, 0.5) is 0 Å². The second-order valence-electron chi connectivity index (χ2n) is 5.31. The van der Waals surface area contributed by atoms with Gasteiger partial charge in [-0.25, -0.2) is 0 Å². The average Bonchev–Trinajstić information content (AvgIpc) is 2.94. The number of para-hydroxylation sites is 1. The third kappa shape index (κ3) is 2.50. The van der Waals surface area contributed by atoms with Gasteiger partial charge in [-0.2, -0.15) is 0 Å². The van der Waals surface area contributed by atoms with E-state index in [0.717, 1.165) is 35.2 Å². The molecule has 0 aliphatic rings. The highest BCUT2D eigenvalue weighted by Gasteiger charge is 2.16. The van der Waals surface area contributed by atoms with Crippen LogP contribution in [0.15, 0.2) is 54.7 Å². The highest BCUT2D eigenvalue weighted by atomic mass is 16.5. The molecule has 3 rings (SSSR count). The molecule has 0 saturated carbocycles. The Kier molecular flexibility index (Phi) is 3.96. The molecule has 0 amide bonds. The van der Waals surface area contributed by atoms with Crippen molar-refractivity contribution in [1.82, 2.24) is 4.57 Å². The predicted octanol–water partition coefficient (Wildman–Crippen LogP) is 4.29. The van der Waals surface area contributed by atoms with Crippen LogP contribution in [0, 0.1) is 0 Å². The molecule has 0 spiro atoms. The normalized spacial score (nSPS) is 10.8. The SMILES string of the molecule is CCCn1cc(C(=O)c2ccc(OC)cc2)c2ccccc21. The van der Waals surface area contributed by atoms with E-state index in [0.29, 0.717) is 5.56 Å². The number of fused-ring (bicyclic) bond motifs is 1. The molecule has 0 saturated heterocycles. The van der Waals surface area contributed by atoms with Gasteiger partial charge in [0, 0.05) is 34.8 Å². The molecule has 0 aliphatic carbocycles. The summed E-state index contributed by atoms with van der Waals surface area (Å²) in [7, 11) is 1.62. The molecule has 0 fully saturated rings. The number of ether oxygens (including phenoxy) is 1. The summed E-state index contributed by atoms with van der Waals surface area (Å²) in [5, 5.41) is 1.01. The first-order valence-electron chi connectivity index (χ1n) is 7.51. The predicted molar refractivity (Wildman–Crippen MR) is 88.7 cm³/mol. The molecular formula is C19H19NO2. The van der Waals surface area contributed by atoms with Gasteiger partial charge in [0.25, 0.3) is 0 Å². The Bertz CT molecular complexity index is 800. The Hall–Kier alpha value is -2.55. The van der Waals surface area contributed by atoms with Crippen molar-refractivity contribution in [2.45, 2.75) is 19.9 Å². The van der Waals surface area contributed by atoms with E-state index in [9.17, 15) is 4.79 Å². The molecule has 0 bridgehead atoms. The first kappa shape index (κ1) is 14.4. The van der Waals surface area contributed by atoms with E-state index >= 15 is 0 Å². The minimum Gasteiger partial charge on any atom is -0.497 e. The number of benzene rings is 2. The molecule has 22 heavy (non-hydrogen) atoms. The van der Waals surface area contributed by atoms with E-state index in [2.05, 4.69) is 17.6 Å². The molecule has 2 aromatic carbocycles. The highest BCUT2D eigenvalue weighted by Crippen LogP contribution is 2.25. The lowest BCUT2D eigenvalue weighted by atomic mass is 10.0. The summed E-state index contributed by atoms with van der Waals surface area (Å²) in [5.41, 5.74) is 2.55. The molecule has 3 nitrogen and oxygen atoms in total. The molecule has 1 heterocycles. The van der Waals surface area contributed by atoms with Gasteiger partial charge < -0.3 is 9.30 Å². The van der Waals surface area contributed by atoms with Crippen molar-refractivity contribution in [3.8, 4) is 5.75 Å². The zero-order valence-electron chi connectivity index (χ0n) is 12.9. The number of methoxy groups -OCH3 is 1. The van der Waals surface area contributed by atoms with Crippen molar-refractivity contribution in [1.29, 1.82) is 0 Å². The molecule has 1 aromatic heterocycles. The van der Waals surface area contributed by atoms with Gasteiger partial charge in [-0.15, -0.1) is 0 Å². The van der Waals surface area contributed by atoms with E-state index in [1.807, 2.05) is 48.7 Å². The Morgan fingerprint density at radius 1 is 1.09 bits per heavy atom. The number of carbonyl (C=O) groups excluding carboxylic acids is 1. The van der Waals surface area contributed by atoms with Crippen LogP contribution in [-0.2, 0) is 6.54 Å². The van der Waals surface area contributed by atoms with Crippen LogP contribution in [0.2, 0.25) is 0 Å². The number of hydrogen-bond acceptors (Lipinski definition) is 2. The van der Waals surface area contributed by atoms with E-state index < -0.39 is 0 Å². The van der Waals surface area contributed by atoms with Crippen LogP contribution in [-0.4, -0.2) is 17.5 Å². The number of carbonyl (C=O) groups is 1. The smallest absolute Gasteiger partial charge is 0.195 e. The van der Waals surface area contributed by atoms with Crippen LogP contribution in [0.25, 0.3) is 10.9 Å².